The molecule has 18 rings (SSSR count). The van der Waals surface area contributed by atoms with Gasteiger partial charge in [-0.05, 0) is 207 Å². The van der Waals surface area contributed by atoms with Crippen LogP contribution in [0.2, 0.25) is 0 Å². The first kappa shape index (κ1) is 60.3. The molecule has 0 fully saturated rings. The van der Waals surface area contributed by atoms with Crippen molar-refractivity contribution in [3.05, 3.63) is 213 Å². The topological polar surface area (TPSA) is 111 Å². The van der Waals surface area contributed by atoms with Crippen molar-refractivity contribution in [3.8, 4) is 46.6 Å². The van der Waals surface area contributed by atoms with E-state index in [1.165, 1.54) is 30.3 Å². The van der Waals surface area contributed by atoms with Crippen LogP contribution in [0.3, 0.4) is 0 Å². The second-order valence-corrected chi connectivity index (χ2v) is 30.3. The van der Waals surface area contributed by atoms with Crippen LogP contribution < -0.4 is 78.5 Å². The summed E-state index contributed by atoms with van der Waals surface area (Å²) >= 11 is 0. The van der Waals surface area contributed by atoms with Gasteiger partial charge in [-0.1, -0.05) is 80.5 Å². The maximum absolute atomic E-state index is 18.0. The molecule has 0 amide bonds. The minimum atomic E-state index is -0.869. The lowest BCUT2D eigenvalue weighted by molar-refractivity contribution is 0.464. The lowest BCUT2D eigenvalue weighted by atomic mass is 9.30. The Morgan fingerprint density at radius 3 is 1.27 bits per heavy atom. The van der Waals surface area contributed by atoms with Gasteiger partial charge in [0.1, 0.15) is 62.8 Å². The Labute approximate surface area is 569 Å². The zero-order valence-electron chi connectivity index (χ0n) is 56.2. The second kappa shape index (κ2) is 20.3. The first-order valence-corrected chi connectivity index (χ1v) is 33.1. The first-order chi connectivity index (χ1) is 47.1. The van der Waals surface area contributed by atoms with Crippen LogP contribution >= 0.6 is 0 Å². The highest BCUT2D eigenvalue weighted by atomic mass is 19.1. The van der Waals surface area contributed by atoms with Crippen LogP contribution in [-0.4, -0.2) is 20.1 Å². The minimum absolute atomic E-state index is 0.187. The first-order valence-electron chi connectivity index (χ1n) is 33.1. The van der Waals surface area contributed by atoms with Gasteiger partial charge in [-0.3, -0.25) is 0 Å². The van der Waals surface area contributed by atoms with E-state index in [-0.39, 0.29) is 17.1 Å². The van der Waals surface area contributed by atoms with Gasteiger partial charge < -0.3 is 37.7 Å². The van der Waals surface area contributed by atoms with Crippen LogP contribution in [0.5, 0.6) is 34.5 Å². The molecule has 0 spiro atoms. The maximum atomic E-state index is 18.0. The second-order valence-electron chi connectivity index (χ2n) is 30.3. The van der Waals surface area contributed by atoms with Crippen molar-refractivity contribution in [2.75, 3.05) is 14.7 Å². The van der Waals surface area contributed by atoms with Gasteiger partial charge in [0.15, 0.2) is 29.0 Å². The number of hydrogen-bond acceptors (Lipinski definition) is 10. The summed E-state index contributed by atoms with van der Waals surface area (Å²) in [7, 11) is 0. The van der Waals surface area contributed by atoms with Gasteiger partial charge in [0.05, 0.1) is 45.7 Å². The van der Waals surface area contributed by atoms with Gasteiger partial charge in [-0.2, -0.15) is 10.5 Å². The molecule has 0 unspecified atom stereocenters. The molecule has 0 atom stereocenters. The average molecular weight is 1310 g/mol. The molecule has 0 saturated heterocycles. The third-order valence-corrected chi connectivity index (χ3v) is 20.7. The summed E-state index contributed by atoms with van der Waals surface area (Å²) in [5.74, 6) is -1.26. The largest absolute Gasteiger partial charge is 0.468 e. The van der Waals surface area contributed by atoms with Gasteiger partial charge >= 0.3 is 6.71 Å². The number of fused-ring (bicyclic) bond motifs is 16. The molecule has 0 bridgehead atoms. The summed E-state index contributed by atoms with van der Waals surface area (Å²) in [6.45, 7) is 20.8. The molecule has 0 N–H and O–H groups in total. The Balaban J connectivity index is 0.933. The molecule has 8 heterocycles. The highest BCUT2D eigenvalue weighted by molar-refractivity contribution is 7.03. The Hall–Kier alpha value is -11.1. The van der Waals surface area contributed by atoms with Gasteiger partial charge in [0.25, 0.3) is 13.4 Å². The van der Waals surface area contributed by atoms with E-state index >= 15 is 22.0 Å². The van der Waals surface area contributed by atoms with E-state index in [0.29, 0.717) is 168 Å². The Morgan fingerprint density at radius 1 is 0.354 bits per heavy atom. The molecule has 0 radical (unpaired) electrons. The fraction of sp³-hybridized carbons (Fsp3) is 0.185. The van der Waals surface area contributed by atoms with Crippen molar-refractivity contribution >= 4 is 143 Å². The standard InChI is InChI=1S/C81H59B3F5N5O5/c1-38-19-60-70-61(20-38)93(74-53(86)28-44(29-54(74)87)80(7,8)9)58-34-65-50(32-48(58)83(70)77-73(46-25-41(36-90)13-17-63(46)98-77)92(60)57-16-15-43(27-52(57)85)79(4,5)6)82-51-33-49-59(35-66(51)96-69-24-40(3)23-68(95-65)72(69)82)94(75-55(88)30-45(31-56(75)89)81(10,11)12)62-21-39(2)22-67-71(62)84(49)78-76(97-67)47-26-42(37-91)14-18-64(47)99-78/h13-35H,1-12H3. The molecule has 0 saturated carbocycles. The van der Waals surface area contributed by atoms with Crippen LogP contribution in [0.1, 0.15) is 107 Å². The fourth-order valence-corrected chi connectivity index (χ4v) is 16.0. The molecule has 10 aromatic carbocycles. The van der Waals surface area contributed by atoms with Crippen LogP contribution in [0.15, 0.2) is 148 Å². The van der Waals surface area contributed by atoms with E-state index in [1.807, 2.05) is 155 Å². The van der Waals surface area contributed by atoms with Crippen molar-refractivity contribution in [1.82, 2.24) is 0 Å². The highest BCUT2D eigenvalue weighted by Crippen LogP contribution is 2.52. The molecular formula is C81H59B3F5N5O5. The summed E-state index contributed by atoms with van der Waals surface area (Å²) in [6, 6.07) is 44.8. The average Bonchev–Trinajstić information content (AvgIpc) is 1.61. The molecule has 10 nitrogen and oxygen atoms in total. The Bertz CT molecular complexity index is 5760. The number of benzene rings is 10. The number of furan rings is 2. The van der Waals surface area contributed by atoms with Crippen molar-refractivity contribution in [2.24, 2.45) is 0 Å². The van der Waals surface area contributed by atoms with Crippen LogP contribution in [-0.2, 0) is 16.2 Å². The van der Waals surface area contributed by atoms with Crippen molar-refractivity contribution < 1.29 is 45.0 Å². The molecule has 12 aromatic rings. The quantitative estimate of drug-likeness (QED) is 0.125. The normalized spacial score (nSPS) is 14.2. The summed E-state index contributed by atoms with van der Waals surface area (Å²) in [5, 5.41) is 21.8. The van der Waals surface area contributed by atoms with Gasteiger partial charge in [0.2, 0.25) is 0 Å². The van der Waals surface area contributed by atoms with Crippen molar-refractivity contribution in [3.63, 3.8) is 0 Å². The van der Waals surface area contributed by atoms with E-state index in [9.17, 15) is 10.5 Å². The zero-order valence-corrected chi connectivity index (χ0v) is 56.2. The molecule has 482 valence electrons. The summed E-state index contributed by atoms with van der Waals surface area (Å²) in [6.07, 6.45) is 0. The third-order valence-electron chi connectivity index (χ3n) is 20.7. The lowest BCUT2D eigenvalue weighted by Gasteiger charge is -2.44. The predicted octanol–water partition coefficient (Wildman–Crippen LogP) is 15.7. The molecule has 6 aliphatic rings. The number of nitriles is 2. The van der Waals surface area contributed by atoms with Crippen LogP contribution in [0.4, 0.5) is 73.1 Å². The van der Waals surface area contributed by atoms with Gasteiger partial charge in [0, 0.05) is 56.9 Å². The number of anilines is 9. The van der Waals surface area contributed by atoms with Crippen molar-refractivity contribution in [2.45, 2.75) is 99.3 Å². The number of aryl methyl sites for hydroxylation is 3. The number of ether oxygens (including phenoxy) is 3. The number of halogens is 5. The Kier molecular flexibility index (Phi) is 12.3. The summed E-state index contributed by atoms with van der Waals surface area (Å²) in [4.78, 5) is 5.07. The lowest BCUT2D eigenvalue weighted by Crippen LogP contribution is -2.64. The summed E-state index contributed by atoms with van der Waals surface area (Å²) < 4.78 is 124. The molecular weight excluding hydrogens is 1250 g/mol. The van der Waals surface area contributed by atoms with E-state index < -0.39 is 65.5 Å². The SMILES string of the molecule is Cc1cc2c3c(c1)Oc1cc4c(cc1B3c1cc3c(cc1O2)N(c1c(F)cc(C(C)(C)C)cc1F)c1cc(C)cc2c1B3c1oc3ccc(C#N)cc3c1O2)B1c2oc3ccc(C#N)cc3c2N(c2ccc(C(C)(C)C)cc2F)c2cc(C)cc(c21)N4c1c(F)cc(C(C)(C)C)cc1F. The Morgan fingerprint density at radius 2 is 0.778 bits per heavy atom. The smallest absolute Gasteiger partial charge is 0.301 e. The monoisotopic (exact) mass is 1310 g/mol. The number of nitrogens with zero attached hydrogens (tertiary/aromatic N) is 5. The van der Waals surface area contributed by atoms with E-state index in [2.05, 4.69) is 12.1 Å². The third kappa shape index (κ3) is 8.60. The molecule has 18 heteroatoms. The van der Waals surface area contributed by atoms with Crippen molar-refractivity contribution in [1.29, 1.82) is 10.5 Å². The van der Waals surface area contributed by atoms with Crippen LogP contribution in [0.25, 0.3) is 21.9 Å². The molecule has 2 aromatic heterocycles. The fourth-order valence-electron chi connectivity index (χ4n) is 16.0. The van der Waals surface area contributed by atoms with Gasteiger partial charge in [-0.25, -0.2) is 22.0 Å². The molecule has 0 aliphatic carbocycles. The number of hydrogen-bond donors (Lipinski definition) is 0. The predicted molar refractivity (Wildman–Crippen MR) is 383 cm³/mol. The summed E-state index contributed by atoms with van der Waals surface area (Å²) in [5.41, 5.74) is 11.1. The van der Waals surface area contributed by atoms with E-state index in [1.54, 1.807) is 52.3 Å². The zero-order chi connectivity index (χ0) is 68.8. The molecule has 6 aliphatic heterocycles. The maximum Gasteiger partial charge on any atom is 0.301 e. The van der Waals surface area contributed by atoms with Crippen LogP contribution in [0, 0.1) is 72.5 Å². The molecule has 99 heavy (non-hydrogen) atoms. The number of rotatable bonds is 3. The van der Waals surface area contributed by atoms with E-state index in [4.69, 9.17) is 23.0 Å². The van der Waals surface area contributed by atoms with Gasteiger partial charge in [-0.15, -0.1) is 0 Å². The van der Waals surface area contributed by atoms with E-state index in [0.717, 1.165) is 16.7 Å². The minimum Gasteiger partial charge on any atom is -0.468 e. The highest BCUT2D eigenvalue weighted by Gasteiger charge is 2.53.